The zero-order chi connectivity index (χ0) is 13.6. The maximum absolute atomic E-state index is 11.8. The molecule has 2 N–H and O–H groups in total. The molecule has 0 atom stereocenters. The van der Waals surface area contributed by atoms with E-state index in [1.807, 2.05) is 20.8 Å². The first-order valence-corrected chi connectivity index (χ1v) is 5.80. The van der Waals surface area contributed by atoms with Crippen LogP contribution in [0.3, 0.4) is 0 Å². The summed E-state index contributed by atoms with van der Waals surface area (Å²) in [5, 5.41) is 5.83. The number of hydrogen-bond acceptors (Lipinski definition) is 5. The maximum Gasteiger partial charge on any atom is 0.254 e. The second kappa shape index (κ2) is 6.30. The van der Waals surface area contributed by atoms with E-state index in [0.29, 0.717) is 24.7 Å². The van der Waals surface area contributed by atoms with Crippen LogP contribution >= 0.6 is 0 Å². The van der Waals surface area contributed by atoms with Crippen molar-refractivity contribution in [3.8, 4) is 0 Å². The second-order valence-electron chi connectivity index (χ2n) is 4.92. The molecule has 1 rings (SSSR count). The van der Waals surface area contributed by atoms with Crippen LogP contribution in [0.1, 0.15) is 31.1 Å². The Morgan fingerprint density at radius 3 is 2.44 bits per heavy atom. The Labute approximate surface area is 107 Å². The second-order valence-corrected chi connectivity index (χ2v) is 4.92. The number of carbonyl (C=O) groups is 1. The summed E-state index contributed by atoms with van der Waals surface area (Å²) in [4.78, 5) is 19.9. The largest absolute Gasteiger partial charge is 0.383 e. The quantitative estimate of drug-likeness (QED) is 0.766. The number of amides is 1. The Bertz CT molecular complexity index is 384. The highest BCUT2D eigenvalue weighted by atomic mass is 16.5. The lowest BCUT2D eigenvalue weighted by molar-refractivity contribution is 0.0919. The normalized spacial score (nSPS) is 11.1. The van der Waals surface area contributed by atoms with Crippen LogP contribution in [0.25, 0.3) is 0 Å². The molecular formula is C12H20N4O2. The molecule has 0 bridgehead atoms. The lowest BCUT2D eigenvalue weighted by atomic mass is 10.1. The topological polar surface area (TPSA) is 76.1 Å². The highest BCUT2D eigenvalue weighted by molar-refractivity contribution is 5.94. The maximum atomic E-state index is 11.8. The predicted molar refractivity (Wildman–Crippen MR) is 69.6 cm³/mol. The summed E-state index contributed by atoms with van der Waals surface area (Å²) in [7, 11) is 1.63. The van der Waals surface area contributed by atoms with Gasteiger partial charge in [0, 0.05) is 31.6 Å². The van der Waals surface area contributed by atoms with Gasteiger partial charge in [-0.2, -0.15) is 0 Å². The van der Waals surface area contributed by atoms with Crippen LogP contribution < -0.4 is 10.6 Å². The monoisotopic (exact) mass is 252 g/mol. The van der Waals surface area contributed by atoms with Crippen molar-refractivity contribution in [2.45, 2.75) is 26.3 Å². The molecule has 0 spiro atoms. The van der Waals surface area contributed by atoms with E-state index in [-0.39, 0.29) is 11.4 Å². The van der Waals surface area contributed by atoms with E-state index in [2.05, 4.69) is 20.6 Å². The van der Waals surface area contributed by atoms with Crippen LogP contribution in [0.4, 0.5) is 5.95 Å². The number of hydrogen-bond donors (Lipinski definition) is 2. The lowest BCUT2D eigenvalue weighted by Crippen LogP contribution is -2.40. The fourth-order valence-corrected chi connectivity index (χ4v) is 1.21. The van der Waals surface area contributed by atoms with Crippen molar-refractivity contribution in [2.75, 3.05) is 25.6 Å². The summed E-state index contributed by atoms with van der Waals surface area (Å²) in [5.74, 6) is 0.310. The molecule has 6 nitrogen and oxygen atoms in total. The van der Waals surface area contributed by atoms with Crippen LogP contribution in [0.15, 0.2) is 12.4 Å². The van der Waals surface area contributed by atoms with Gasteiger partial charge in [-0.1, -0.05) is 0 Å². The van der Waals surface area contributed by atoms with Crippen molar-refractivity contribution < 1.29 is 9.53 Å². The number of rotatable bonds is 5. The van der Waals surface area contributed by atoms with Gasteiger partial charge in [0.1, 0.15) is 0 Å². The molecular weight excluding hydrogens is 232 g/mol. The fraction of sp³-hybridized carbons (Fsp3) is 0.583. The number of nitrogens with zero attached hydrogens (tertiary/aromatic N) is 2. The Balaban J connectivity index is 2.57. The van der Waals surface area contributed by atoms with Crippen molar-refractivity contribution in [1.29, 1.82) is 0 Å². The first-order chi connectivity index (χ1) is 8.42. The first kappa shape index (κ1) is 14.4. The van der Waals surface area contributed by atoms with Gasteiger partial charge in [-0.3, -0.25) is 4.79 Å². The van der Waals surface area contributed by atoms with Crippen LogP contribution in [0.2, 0.25) is 0 Å². The minimum Gasteiger partial charge on any atom is -0.383 e. The average Bonchev–Trinajstić information content (AvgIpc) is 2.28. The van der Waals surface area contributed by atoms with E-state index < -0.39 is 0 Å². The molecule has 0 radical (unpaired) electrons. The number of aromatic nitrogens is 2. The summed E-state index contributed by atoms with van der Waals surface area (Å²) in [6.45, 7) is 6.98. The van der Waals surface area contributed by atoms with Gasteiger partial charge in [-0.25, -0.2) is 9.97 Å². The molecule has 1 aromatic heterocycles. The van der Waals surface area contributed by atoms with Crippen LogP contribution in [-0.2, 0) is 4.74 Å². The molecule has 0 aliphatic heterocycles. The fourth-order valence-electron chi connectivity index (χ4n) is 1.21. The zero-order valence-electron chi connectivity index (χ0n) is 11.3. The Hall–Kier alpha value is -1.69. The van der Waals surface area contributed by atoms with Gasteiger partial charge in [0.05, 0.1) is 12.2 Å². The minimum atomic E-state index is -0.271. The van der Waals surface area contributed by atoms with Crippen molar-refractivity contribution in [3.05, 3.63) is 18.0 Å². The molecule has 0 unspecified atom stereocenters. The molecule has 1 amide bonds. The van der Waals surface area contributed by atoms with Gasteiger partial charge >= 0.3 is 0 Å². The van der Waals surface area contributed by atoms with Crippen molar-refractivity contribution in [2.24, 2.45) is 0 Å². The highest BCUT2D eigenvalue weighted by Gasteiger charge is 2.15. The lowest BCUT2D eigenvalue weighted by Gasteiger charge is -2.20. The van der Waals surface area contributed by atoms with Gasteiger partial charge in [0.25, 0.3) is 5.91 Å². The standard InChI is InChI=1S/C12H20N4O2/c1-12(2,3)16-10(17)9-7-14-11(15-8-9)13-5-6-18-4/h7-8H,5-6H2,1-4H3,(H,16,17)(H,13,14,15). The third-order valence-electron chi connectivity index (χ3n) is 1.99. The number of anilines is 1. The molecule has 0 aromatic carbocycles. The van der Waals surface area contributed by atoms with Crippen molar-refractivity contribution in [1.82, 2.24) is 15.3 Å². The Kier molecular flexibility index (Phi) is 5.03. The third kappa shape index (κ3) is 5.09. The van der Waals surface area contributed by atoms with Gasteiger partial charge in [0.2, 0.25) is 5.95 Å². The molecule has 100 valence electrons. The number of nitrogens with one attached hydrogen (secondary N) is 2. The van der Waals surface area contributed by atoms with E-state index in [1.54, 1.807) is 7.11 Å². The molecule has 0 aliphatic carbocycles. The first-order valence-electron chi connectivity index (χ1n) is 5.80. The third-order valence-corrected chi connectivity index (χ3v) is 1.99. The van der Waals surface area contributed by atoms with Gasteiger partial charge in [0.15, 0.2) is 0 Å². The van der Waals surface area contributed by atoms with Gasteiger partial charge < -0.3 is 15.4 Å². The van der Waals surface area contributed by atoms with Crippen LogP contribution in [0.5, 0.6) is 0 Å². The number of methoxy groups -OCH3 is 1. The molecule has 0 fully saturated rings. The smallest absolute Gasteiger partial charge is 0.254 e. The zero-order valence-corrected chi connectivity index (χ0v) is 11.3. The van der Waals surface area contributed by atoms with Crippen molar-refractivity contribution in [3.63, 3.8) is 0 Å². The van der Waals surface area contributed by atoms with E-state index in [4.69, 9.17) is 4.74 Å². The molecule has 0 aliphatic rings. The summed E-state index contributed by atoms with van der Waals surface area (Å²) < 4.78 is 4.90. The van der Waals surface area contributed by atoms with E-state index >= 15 is 0 Å². The Morgan fingerprint density at radius 1 is 1.33 bits per heavy atom. The molecule has 1 aromatic rings. The van der Waals surface area contributed by atoms with E-state index in [0.717, 1.165) is 0 Å². The number of carbonyl (C=O) groups excluding carboxylic acids is 1. The minimum absolute atomic E-state index is 0.175. The average molecular weight is 252 g/mol. The molecule has 0 saturated heterocycles. The molecule has 6 heteroatoms. The molecule has 1 heterocycles. The molecule has 0 saturated carbocycles. The highest BCUT2D eigenvalue weighted by Crippen LogP contribution is 2.04. The summed E-state index contributed by atoms with van der Waals surface area (Å²) >= 11 is 0. The summed E-state index contributed by atoms with van der Waals surface area (Å²) in [6, 6.07) is 0. The van der Waals surface area contributed by atoms with Crippen molar-refractivity contribution >= 4 is 11.9 Å². The van der Waals surface area contributed by atoms with Gasteiger partial charge in [-0.15, -0.1) is 0 Å². The predicted octanol–water partition coefficient (Wildman–Crippen LogP) is 1.06. The van der Waals surface area contributed by atoms with Gasteiger partial charge in [-0.05, 0) is 20.8 Å². The van der Waals surface area contributed by atoms with E-state index in [9.17, 15) is 4.79 Å². The SMILES string of the molecule is COCCNc1ncc(C(=O)NC(C)(C)C)cn1. The summed E-state index contributed by atoms with van der Waals surface area (Å²) in [5.41, 5.74) is 0.175. The van der Waals surface area contributed by atoms with Crippen LogP contribution in [0, 0.1) is 0 Å². The van der Waals surface area contributed by atoms with Crippen LogP contribution in [-0.4, -0.2) is 41.7 Å². The summed E-state index contributed by atoms with van der Waals surface area (Å²) in [6.07, 6.45) is 3.01. The van der Waals surface area contributed by atoms with E-state index in [1.165, 1.54) is 12.4 Å². The number of ether oxygens (including phenoxy) is 1. The molecule has 18 heavy (non-hydrogen) atoms. The Morgan fingerprint density at radius 2 is 1.94 bits per heavy atom.